The average molecular weight is 339 g/mol. The molecular weight excluding hydrogens is 314 g/mol. The van der Waals surface area contributed by atoms with E-state index in [9.17, 15) is 13.2 Å². The molecule has 1 aromatic carbocycles. The highest BCUT2D eigenvalue weighted by molar-refractivity contribution is 7.89. The summed E-state index contributed by atoms with van der Waals surface area (Å²) in [5.41, 5.74) is 3.34. The molecule has 0 aromatic heterocycles. The predicted octanol–water partition coefficient (Wildman–Crippen LogP) is 2.15. The predicted molar refractivity (Wildman–Crippen MR) is 91.7 cm³/mol. The molecule has 6 nitrogen and oxygen atoms in total. The van der Waals surface area contributed by atoms with Gasteiger partial charge in [0.15, 0.2) is 0 Å². The molecule has 0 bridgehead atoms. The average Bonchev–Trinajstić information content (AvgIpc) is 2.52. The SMILES string of the molecule is CCC(/C=N\NC(=O)CN(C)S(=O)(=O)c1ccc(C)cc1)CC. The van der Waals surface area contributed by atoms with Crippen molar-refractivity contribution in [3.8, 4) is 0 Å². The first-order valence-corrected chi connectivity index (χ1v) is 9.10. The van der Waals surface area contributed by atoms with Crippen molar-refractivity contribution >= 4 is 22.1 Å². The molecule has 1 amide bonds. The van der Waals surface area contributed by atoms with Crippen molar-refractivity contribution in [2.75, 3.05) is 13.6 Å². The number of carbonyl (C=O) groups excluding carboxylic acids is 1. The van der Waals surface area contributed by atoms with E-state index >= 15 is 0 Å². The monoisotopic (exact) mass is 339 g/mol. The normalized spacial score (nSPS) is 12.3. The number of hydrogen-bond acceptors (Lipinski definition) is 4. The number of aryl methyl sites for hydroxylation is 1. The Morgan fingerprint density at radius 2 is 1.83 bits per heavy atom. The number of likely N-dealkylation sites (N-methyl/N-ethyl adjacent to an activating group) is 1. The van der Waals surface area contributed by atoms with Crippen LogP contribution in [-0.2, 0) is 14.8 Å². The van der Waals surface area contributed by atoms with Crippen LogP contribution in [0.1, 0.15) is 32.3 Å². The van der Waals surface area contributed by atoms with E-state index in [1.165, 1.54) is 19.2 Å². The maximum atomic E-state index is 12.4. The summed E-state index contributed by atoms with van der Waals surface area (Å²) < 4.78 is 25.7. The van der Waals surface area contributed by atoms with Gasteiger partial charge in [-0.3, -0.25) is 4.79 Å². The summed E-state index contributed by atoms with van der Waals surface area (Å²) in [6.45, 7) is 5.69. The number of hydrogen-bond donors (Lipinski definition) is 1. The molecule has 0 saturated heterocycles. The first-order chi connectivity index (χ1) is 10.8. The molecule has 0 spiro atoms. The number of rotatable bonds is 8. The second-order valence-corrected chi connectivity index (χ2v) is 7.51. The maximum Gasteiger partial charge on any atom is 0.255 e. The van der Waals surface area contributed by atoms with Gasteiger partial charge in [-0.25, -0.2) is 13.8 Å². The van der Waals surface area contributed by atoms with Crippen LogP contribution in [0.3, 0.4) is 0 Å². The third kappa shape index (κ3) is 5.76. The molecule has 0 radical (unpaired) electrons. The Morgan fingerprint density at radius 3 is 2.35 bits per heavy atom. The molecule has 1 aromatic rings. The van der Waals surface area contributed by atoms with Crippen LogP contribution in [0, 0.1) is 12.8 Å². The van der Waals surface area contributed by atoms with E-state index in [0.29, 0.717) is 5.92 Å². The van der Waals surface area contributed by atoms with Crippen LogP contribution >= 0.6 is 0 Å². The van der Waals surface area contributed by atoms with E-state index in [2.05, 4.69) is 10.5 Å². The molecule has 0 aliphatic rings. The Labute approximate surface area is 138 Å². The molecule has 0 aliphatic heterocycles. The number of amides is 1. The largest absolute Gasteiger partial charge is 0.272 e. The Bertz CT molecular complexity index is 635. The van der Waals surface area contributed by atoms with Crippen LogP contribution in [-0.4, -0.2) is 38.4 Å². The lowest BCUT2D eigenvalue weighted by molar-refractivity contribution is -0.121. The topological polar surface area (TPSA) is 78.8 Å². The molecule has 1 rings (SSSR count). The van der Waals surface area contributed by atoms with E-state index in [-0.39, 0.29) is 11.4 Å². The van der Waals surface area contributed by atoms with Gasteiger partial charge in [-0.05, 0) is 37.8 Å². The molecule has 0 heterocycles. The second kappa shape index (κ2) is 8.79. The Hall–Kier alpha value is -1.73. The van der Waals surface area contributed by atoms with Crippen LogP contribution in [0.4, 0.5) is 0 Å². The molecular formula is C16H25N3O3S. The summed E-state index contributed by atoms with van der Waals surface area (Å²) in [6, 6.07) is 6.51. The standard InChI is InChI=1S/C16H25N3O3S/c1-5-14(6-2)11-17-18-16(20)12-19(4)23(21,22)15-9-7-13(3)8-10-15/h7-11,14H,5-6,12H2,1-4H3,(H,18,20)/b17-11-. The van der Waals surface area contributed by atoms with E-state index in [0.717, 1.165) is 22.7 Å². The summed E-state index contributed by atoms with van der Waals surface area (Å²) in [5, 5.41) is 3.89. The van der Waals surface area contributed by atoms with Gasteiger partial charge >= 0.3 is 0 Å². The quantitative estimate of drug-likeness (QED) is 0.582. The summed E-state index contributed by atoms with van der Waals surface area (Å²) in [7, 11) is -2.31. The van der Waals surface area contributed by atoms with Gasteiger partial charge in [-0.2, -0.15) is 9.41 Å². The van der Waals surface area contributed by atoms with Crippen molar-refractivity contribution in [1.29, 1.82) is 0 Å². The highest BCUT2D eigenvalue weighted by Crippen LogP contribution is 2.14. The summed E-state index contributed by atoms with van der Waals surface area (Å²) in [4.78, 5) is 12.0. The van der Waals surface area contributed by atoms with Crippen LogP contribution in [0.5, 0.6) is 0 Å². The second-order valence-electron chi connectivity index (χ2n) is 5.46. The Kier molecular flexibility index (Phi) is 7.38. The minimum atomic E-state index is -3.68. The zero-order valence-corrected chi connectivity index (χ0v) is 14.9. The van der Waals surface area contributed by atoms with Crippen molar-refractivity contribution in [3.05, 3.63) is 29.8 Å². The van der Waals surface area contributed by atoms with Gasteiger partial charge < -0.3 is 0 Å². The zero-order chi connectivity index (χ0) is 17.5. The third-order valence-electron chi connectivity index (χ3n) is 3.62. The molecule has 0 atom stereocenters. The minimum Gasteiger partial charge on any atom is -0.272 e. The van der Waals surface area contributed by atoms with Crippen molar-refractivity contribution in [2.45, 2.75) is 38.5 Å². The Morgan fingerprint density at radius 1 is 1.26 bits per heavy atom. The van der Waals surface area contributed by atoms with Crippen molar-refractivity contribution in [2.24, 2.45) is 11.0 Å². The van der Waals surface area contributed by atoms with Gasteiger partial charge in [0, 0.05) is 13.3 Å². The molecule has 0 saturated carbocycles. The summed E-state index contributed by atoms with van der Waals surface area (Å²) in [6.07, 6.45) is 3.57. The molecule has 0 aliphatic carbocycles. The summed E-state index contributed by atoms with van der Waals surface area (Å²) in [5.74, 6) is -0.158. The Balaban J connectivity index is 2.65. The fourth-order valence-corrected chi connectivity index (χ4v) is 3.05. The number of nitrogens with one attached hydrogen (secondary N) is 1. The fraction of sp³-hybridized carbons (Fsp3) is 0.500. The molecule has 1 N–H and O–H groups in total. The third-order valence-corrected chi connectivity index (χ3v) is 5.44. The van der Waals surface area contributed by atoms with Crippen molar-refractivity contribution in [1.82, 2.24) is 9.73 Å². The lowest BCUT2D eigenvalue weighted by Gasteiger charge is -2.16. The highest BCUT2D eigenvalue weighted by Gasteiger charge is 2.22. The molecule has 7 heteroatoms. The van der Waals surface area contributed by atoms with Crippen LogP contribution in [0.2, 0.25) is 0 Å². The lowest BCUT2D eigenvalue weighted by Crippen LogP contribution is -2.36. The van der Waals surface area contributed by atoms with Gasteiger partial charge in [-0.1, -0.05) is 31.5 Å². The van der Waals surface area contributed by atoms with E-state index < -0.39 is 15.9 Å². The van der Waals surface area contributed by atoms with Gasteiger partial charge in [-0.15, -0.1) is 0 Å². The van der Waals surface area contributed by atoms with Gasteiger partial charge in [0.25, 0.3) is 5.91 Å². The molecule has 128 valence electrons. The van der Waals surface area contributed by atoms with Gasteiger partial charge in [0.2, 0.25) is 10.0 Å². The van der Waals surface area contributed by atoms with Crippen LogP contribution < -0.4 is 5.43 Å². The number of sulfonamides is 1. The number of hydrazone groups is 1. The number of carbonyl (C=O) groups is 1. The fourth-order valence-electron chi connectivity index (χ4n) is 1.93. The van der Waals surface area contributed by atoms with Crippen molar-refractivity contribution < 1.29 is 13.2 Å². The summed E-state index contributed by atoms with van der Waals surface area (Å²) >= 11 is 0. The minimum absolute atomic E-state index is 0.166. The van der Waals surface area contributed by atoms with E-state index in [1.807, 2.05) is 20.8 Å². The van der Waals surface area contributed by atoms with E-state index in [1.54, 1.807) is 18.3 Å². The van der Waals surface area contributed by atoms with Crippen molar-refractivity contribution in [3.63, 3.8) is 0 Å². The van der Waals surface area contributed by atoms with Crippen LogP contribution in [0.25, 0.3) is 0 Å². The maximum absolute atomic E-state index is 12.4. The van der Waals surface area contributed by atoms with Crippen LogP contribution in [0.15, 0.2) is 34.3 Å². The number of benzene rings is 1. The van der Waals surface area contributed by atoms with Gasteiger partial charge in [0.1, 0.15) is 0 Å². The lowest BCUT2D eigenvalue weighted by atomic mass is 10.1. The van der Waals surface area contributed by atoms with Gasteiger partial charge in [0.05, 0.1) is 11.4 Å². The highest BCUT2D eigenvalue weighted by atomic mass is 32.2. The zero-order valence-electron chi connectivity index (χ0n) is 14.1. The first-order valence-electron chi connectivity index (χ1n) is 7.66. The number of nitrogens with zero attached hydrogens (tertiary/aromatic N) is 2. The molecule has 0 unspecified atom stereocenters. The smallest absolute Gasteiger partial charge is 0.255 e. The molecule has 23 heavy (non-hydrogen) atoms. The molecule has 0 fully saturated rings. The van der Waals surface area contributed by atoms with E-state index in [4.69, 9.17) is 0 Å². The first kappa shape index (κ1) is 19.3.